The van der Waals surface area contributed by atoms with E-state index in [-0.39, 0.29) is 17.9 Å². The number of pyridine rings is 1. The molecule has 0 bridgehead atoms. The van der Waals surface area contributed by atoms with Crippen LogP contribution in [0, 0.1) is 0 Å². The standard InChI is InChI=1S/C15H14N2O3/c18-14(17-10-11-5-7-16-8-6-11)9-12-3-1-2-4-13(12)15(19)20/h1-8H,9-10H2,(H,17,18)(H,19,20). The number of aromatic carboxylic acids is 1. The van der Waals surface area contributed by atoms with E-state index in [1.165, 1.54) is 6.07 Å². The van der Waals surface area contributed by atoms with Crippen molar-refractivity contribution in [2.75, 3.05) is 0 Å². The van der Waals surface area contributed by atoms with Crippen LogP contribution in [0.3, 0.4) is 0 Å². The summed E-state index contributed by atoms with van der Waals surface area (Å²) in [6.07, 6.45) is 3.36. The Balaban J connectivity index is 1.97. The Morgan fingerprint density at radius 2 is 1.80 bits per heavy atom. The van der Waals surface area contributed by atoms with E-state index in [1.54, 1.807) is 30.6 Å². The molecule has 0 fully saturated rings. The van der Waals surface area contributed by atoms with Crippen molar-refractivity contribution in [2.45, 2.75) is 13.0 Å². The normalized spacial score (nSPS) is 10.0. The molecule has 0 aliphatic carbocycles. The zero-order valence-electron chi connectivity index (χ0n) is 10.7. The molecule has 1 amide bonds. The number of carboxylic acids is 1. The molecule has 1 aromatic carbocycles. The van der Waals surface area contributed by atoms with Crippen LogP contribution in [-0.4, -0.2) is 22.0 Å². The minimum Gasteiger partial charge on any atom is -0.478 e. The van der Waals surface area contributed by atoms with Crippen LogP contribution in [0.1, 0.15) is 21.5 Å². The monoisotopic (exact) mass is 270 g/mol. The third-order valence-electron chi connectivity index (χ3n) is 2.84. The molecule has 1 aromatic heterocycles. The molecule has 0 aliphatic rings. The zero-order valence-corrected chi connectivity index (χ0v) is 10.7. The number of hydrogen-bond acceptors (Lipinski definition) is 3. The van der Waals surface area contributed by atoms with Gasteiger partial charge in [0.15, 0.2) is 0 Å². The second kappa shape index (κ2) is 6.47. The molecule has 2 rings (SSSR count). The molecule has 0 atom stereocenters. The maximum absolute atomic E-state index is 11.8. The van der Waals surface area contributed by atoms with Crippen molar-refractivity contribution in [3.63, 3.8) is 0 Å². The Morgan fingerprint density at radius 3 is 2.50 bits per heavy atom. The first-order valence-corrected chi connectivity index (χ1v) is 6.13. The lowest BCUT2D eigenvalue weighted by atomic mass is 10.0. The number of nitrogens with zero attached hydrogens (tertiary/aromatic N) is 1. The average Bonchev–Trinajstić information content (AvgIpc) is 2.46. The lowest BCUT2D eigenvalue weighted by molar-refractivity contribution is -0.120. The van der Waals surface area contributed by atoms with E-state index >= 15 is 0 Å². The van der Waals surface area contributed by atoms with E-state index in [0.29, 0.717) is 12.1 Å². The molecule has 0 saturated heterocycles. The van der Waals surface area contributed by atoms with Gasteiger partial charge in [-0.05, 0) is 29.3 Å². The molecule has 102 valence electrons. The van der Waals surface area contributed by atoms with Crippen molar-refractivity contribution in [1.29, 1.82) is 0 Å². The minimum absolute atomic E-state index is 0.0492. The summed E-state index contributed by atoms with van der Waals surface area (Å²) in [5.74, 6) is -1.24. The predicted molar refractivity (Wildman–Crippen MR) is 73.2 cm³/mol. The molecular weight excluding hydrogens is 256 g/mol. The summed E-state index contributed by atoms with van der Waals surface area (Å²) in [7, 11) is 0. The van der Waals surface area contributed by atoms with Crippen molar-refractivity contribution in [2.24, 2.45) is 0 Å². The molecule has 2 N–H and O–H groups in total. The smallest absolute Gasteiger partial charge is 0.335 e. The van der Waals surface area contributed by atoms with E-state index in [2.05, 4.69) is 10.3 Å². The number of benzene rings is 1. The van der Waals surface area contributed by atoms with E-state index in [9.17, 15) is 9.59 Å². The molecule has 2 aromatic rings. The summed E-state index contributed by atoms with van der Waals surface area (Å²) >= 11 is 0. The van der Waals surface area contributed by atoms with Crippen LogP contribution in [0.4, 0.5) is 0 Å². The summed E-state index contributed by atoms with van der Waals surface area (Å²) < 4.78 is 0. The summed E-state index contributed by atoms with van der Waals surface area (Å²) in [5, 5.41) is 11.8. The van der Waals surface area contributed by atoms with Gasteiger partial charge in [0.1, 0.15) is 0 Å². The number of carbonyl (C=O) groups is 2. The predicted octanol–water partition coefficient (Wildman–Crippen LogP) is 1.64. The molecule has 5 nitrogen and oxygen atoms in total. The van der Waals surface area contributed by atoms with Gasteiger partial charge in [-0.1, -0.05) is 18.2 Å². The van der Waals surface area contributed by atoms with Crippen molar-refractivity contribution in [3.05, 3.63) is 65.5 Å². The van der Waals surface area contributed by atoms with Crippen LogP contribution >= 0.6 is 0 Å². The topological polar surface area (TPSA) is 79.3 Å². The van der Waals surface area contributed by atoms with Crippen LogP contribution < -0.4 is 5.32 Å². The maximum Gasteiger partial charge on any atom is 0.335 e. The largest absolute Gasteiger partial charge is 0.478 e. The highest BCUT2D eigenvalue weighted by molar-refractivity contribution is 5.91. The second-order valence-electron chi connectivity index (χ2n) is 4.27. The van der Waals surface area contributed by atoms with E-state index in [0.717, 1.165) is 5.56 Å². The summed E-state index contributed by atoms with van der Waals surface area (Å²) in [4.78, 5) is 26.8. The highest BCUT2D eigenvalue weighted by Gasteiger charge is 2.12. The fourth-order valence-corrected chi connectivity index (χ4v) is 1.82. The van der Waals surface area contributed by atoms with Gasteiger partial charge in [-0.15, -0.1) is 0 Å². The molecule has 0 spiro atoms. The number of rotatable bonds is 5. The lowest BCUT2D eigenvalue weighted by Crippen LogP contribution is -2.25. The summed E-state index contributed by atoms with van der Waals surface area (Å²) in [5.41, 5.74) is 1.61. The van der Waals surface area contributed by atoms with Gasteiger partial charge >= 0.3 is 5.97 Å². The summed E-state index contributed by atoms with van der Waals surface area (Å²) in [6.45, 7) is 0.399. The third kappa shape index (κ3) is 3.65. The molecular formula is C15H14N2O3. The zero-order chi connectivity index (χ0) is 14.4. The Kier molecular flexibility index (Phi) is 4.44. The van der Waals surface area contributed by atoms with Crippen molar-refractivity contribution in [1.82, 2.24) is 10.3 Å². The Labute approximate surface area is 116 Å². The number of aromatic nitrogens is 1. The fraction of sp³-hybridized carbons (Fsp3) is 0.133. The quantitative estimate of drug-likeness (QED) is 0.865. The van der Waals surface area contributed by atoms with Gasteiger partial charge in [0.25, 0.3) is 0 Å². The van der Waals surface area contributed by atoms with Gasteiger partial charge in [0, 0.05) is 18.9 Å². The highest BCUT2D eigenvalue weighted by atomic mass is 16.4. The minimum atomic E-state index is -1.03. The lowest BCUT2D eigenvalue weighted by Gasteiger charge is -2.07. The number of carbonyl (C=O) groups excluding carboxylic acids is 1. The SMILES string of the molecule is O=C(Cc1ccccc1C(=O)O)NCc1ccncc1. The second-order valence-corrected chi connectivity index (χ2v) is 4.27. The number of nitrogens with one attached hydrogen (secondary N) is 1. The van der Waals surface area contributed by atoms with Gasteiger partial charge in [-0.25, -0.2) is 4.79 Å². The Bertz CT molecular complexity index is 612. The Morgan fingerprint density at radius 1 is 1.10 bits per heavy atom. The average molecular weight is 270 g/mol. The van der Waals surface area contributed by atoms with Crippen LogP contribution in [0.2, 0.25) is 0 Å². The first kappa shape index (κ1) is 13.7. The van der Waals surface area contributed by atoms with Crippen molar-refractivity contribution < 1.29 is 14.7 Å². The van der Waals surface area contributed by atoms with Gasteiger partial charge in [0.05, 0.1) is 12.0 Å². The van der Waals surface area contributed by atoms with Gasteiger partial charge in [0.2, 0.25) is 5.91 Å². The number of hydrogen-bond donors (Lipinski definition) is 2. The van der Waals surface area contributed by atoms with E-state index < -0.39 is 5.97 Å². The van der Waals surface area contributed by atoms with Gasteiger partial charge < -0.3 is 10.4 Å². The van der Waals surface area contributed by atoms with Gasteiger partial charge in [-0.3, -0.25) is 9.78 Å². The Hall–Kier alpha value is -2.69. The highest BCUT2D eigenvalue weighted by Crippen LogP contribution is 2.09. The molecule has 20 heavy (non-hydrogen) atoms. The number of amides is 1. The summed E-state index contributed by atoms with van der Waals surface area (Å²) in [6, 6.07) is 10.1. The molecule has 1 heterocycles. The molecule has 0 saturated carbocycles. The van der Waals surface area contributed by atoms with Crippen LogP contribution in [0.5, 0.6) is 0 Å². The first-order valence-electron chi connectivity index (χ1n) is 6.13. The van der Waals surface area contributed by atoms with Crippen molar-refractivity contribution in [3.8, 4) is 0 Å². The fourth-order valence-electron chi connectivity index (χ4n) is 1.82. The first-order chi connectivity index (χ1) is 9.66. The molecule has 5 heteroatoms. The van der Waals surface area contributed by atoms with Crippen LogP contribution in [0.25, 0.3) is 0 Å². The van der Waals surface area contributed by atoms with E-state index in [1.807, 2.05) is 12.1 Å². The van der Waals surface area contributed by atoms with Crippen LogP contribution in [-0.2, 0) is 17.8 Å². The van der Waals surface area contributed by atoms with E-state index in [4.69, 9.17) is 5.11 Å². The van der Waals surface area contributed by atoms with Gasteiger partial charge in [-0.2, -0.15) is 0 Å². The molecule has 0 unspecified atom stereocenters. The van der Waals surface area contributed by atoms with Crippen LogP contribution in [0.15, 0.2) is 48.8 Å². The number of carboxylic acid groups (broad SMARTS) is 1. The molecule has 0 radical (unpaired) electrons. The third-order valence-corrected chi connectivity index (χ3v) is 2.84. The maximum atomic E-state index is 11.8. The molecule has 0 aliphatic heterocycles. The van der Waals surface area contributed by atoms with Crippen molar-refractivity contribution >= 4 is 11.9 Å².